The van der Waals surface area contributed by atoms with Gasteiger partial charge < -0.3 is 10.3 Å². The van der Waals surface area contributed by atoms with Crippen molar-refractivity contribution in [3.63, 3.8) is 0 Å². The highest BCUT2D eigenvalue weighted by molar-refractivity contribution is 8.00. The number of hydrogen-bond donors (Lipinski definition) is 2. The fraction of sp³-hybridized carbons (Fsp3) is 0.111. The van der Waals surface area contributed by atoms with Crippen molar-refractivity contribution in [3.8, 4) is 0 Å². The summed E-state index contributed by atoms with van der Waals surface area (Å²) < 4.78 is 0. The monoisotopic (exact) mass is 205 g/mol. The average Bonchev–Trinajstić information content (AvgIpc) is 2.61. The molecular weight excluding hydrogens is 198 g/mol. The van der Waals surface area contributed by atoms with E-state index in [0.717, 1.165) is 21.6 Å². The number of hydrogen-bond acceptors (Lipinski definition) is 3. The lowest BCUT2D eigenvalue weighted by molar-refractivity contribution is -0.113. The Kier molecular flexibility index (Phi) is 1.55. The number of anilines is 1. The Bertz CT molecular complexity index is 520. The van der Waals surface area contributed by atoms with Crippen LogP contribution in [-0.4, -0.2) is 21.6 Å². The maximum atomic E-state index is 11.1. The van der Waals surface area contributed by atoms with Crippen molar-refractivity contribution < 1.29 is 4.79 Å². The summed E-state index contributed by atoms with van der Waals surface area (Å²) in [6.45, 7) is 0. The minimum atomic E-state index is 0.0568. The third-order valence-electron chi connectivity index (χ3n) is 2.15. The Morgan fingerprint density at radius 3 is 3.29 bits per heavy atom. The highest BCUT2D eigenvalue weighted by Gasteiger charge is 2.16. The standard InChI is InChI=1S/C9H7N3OS/c13-9-3-14-8-2-6-5(10-4-11-6)1-7(8)12-9/h1-2,4H,3H2,(H,10,11)(H,12,13). The van der Waals surface area contributed by atoms with E-state index >= 15 is 0 Å². The smallest absolute Gasteiger partial charge is 0.234 e. The fourth-order valence-electron chi connectivity index (χ4n) is 1.51. The van der Waals surface area contributed by atoms with Crippen LogP contribution in [0.2, 0.25) is 0 Å². The van der Waals surface area contributed by atoms with Gasteiger partial charge in [0, 0.05) is 4.90 Å². The van der Waals surface area contributed by atoms with Crippen LogP contribution in [0.5, 0.6) is 0 Å². The normalized spacial score (nSPS) is 15.3. The summed E-state index contributed by atoms with van der Waals surface area (Å²) >= 11 is 1.55. The van der Waals surface area contributed by atoms with Gasteiger partial charge in [-0.15, -0.1) is 11.8 Å². The van der Waals surface area contributed by atoms with Crippen LogP contribution in [0.1, 0.15) is 0 Å². The molecule has 4 nitrogen and oxygen atoms in total. The molecule has 0 bridgehead atoms. The third-order valence-corrected chi connectivity index (χ3v) is 3.21. The maximum Gasteiger partial charge on any atom is 0.234 e. The maximum absolute atomic E-state index is 11.1. The van der Waals surface area contributed by atoms with Crippen molar-refractivity contribution >= 4 is 34.4 Å². The minimum Gasteiger partial charge on any atom is -0.345 e. The summed E-state index contributed by atoms with van der Waals surface area (Å²) in [7, 11) is 0. The molecule has 1 aromatic carbocycles. The number of fused-ring (bicyclic) bond motifs is 2. The second-order valence-corrected chi connectivity index (χ2v) is 4.12. The van der Waals surface area contributed by atoms with E-state index in [-0.39, 0.29) is 5.91 Å². The lowest BCUT2D eigenvalue weighted by Crippen LogP contribution is -2.18. The molecule has 2 aromatic rings. The Morgan fingerprint density at radius 2 is 2.36 bits per heavy atom. The molecule has 5 heteroatoms. The molecule has 14 heavy (non-hydrogen) atoms. The summed E-state index contributed by atoms with van der Waals surface area (Å²) in [4.78, 5) is 19.4. The Balaban J connectivity index is 2.24. The van der Waals surface area contributed by atoms with Crippen molar-refractivity contribution in [3.05, 3.63) is 18.5 Å². The van der Waals surface area contributed by atoms with Crippen molar-refractivity contribution in [2.45, 2.75) is 4.90 Å². The molecular formula is C9H7N3OS. The van der Waals surface area contributed by atoms with Crippen LogP contribution in [0.25, 0.3) is 11.0 Å². The molecule has 1 aliphatic rings. The number of imidazole rings is 1. The van der Waals surface area contributed by atoms with Gasteiger partial charge >= 0.3 is 0 Å². The number of carbonyl (C=O) groups is 1. The number of H-pyrrole nitrogens is 1. The molecule has 70 valence electrons. The molecule has 0 spiro atoms. The Morgan fingerprint density at radius 1 is 1.43 bits per heavy atom. The first-order valence-electron chi connectivity index (χ1n) is 4.23. The number of aromatic amines is 1. The number of amides is 1. The number of rotatable bonds is 0. The second kappa shape index (κ2) is 2.75. The van der Waals surface area contributed by atoms with Gasteiger partial charge in [-0.2, -0.15) is 0 Å². The van der Waals surface area contributed by atoms with Gasteiger partial charge in [0.1, 0.15) is 0 Å². The van der Waals surface area contributed by atoms with Crippen LogP contribution in [-0.2, 0) is 4.79 Å². The number of carbonyl (C=O) groups excluding carboxylic acids is 1. The lowest BCUT2D eigenvalue weighted by Gasteiger charge is -2.15. The topological polar surface area (TPSA) is 57.8 Å². The van der Waals surface area contributed by atoms with Gasteiger partial charge in [-0.05, 0) is 12.1 Å². The van der Waals surface area contributed by atoms with Gasteiger partial charge in [-0.1, -0.05) is 0 Å². The first-order valence-corrected chi connectivity index (χ1v) is 5.21. The zero-order chi connectivity index (χ0) is 9.54. The summed E-state index contributed by atoms with van der Waals surface area (Å²) in [5.41, 5.74) is 2.77. The summed E-state index contributed by atoms with van der Waals surface area (Å²) in [5.74, 6) is 0.546. The predicted octanol–water partition coefficient (Wildman–Crippen LogP) is 1.61. The van der Waals surface area contributed by atoms with Crippen LogP contribution in [0, 0.1) is 0 Å². The summed E-state index contributed by atoms with van der Waals surface area (Å²) in [6, 6.07) is 3.91. The van der Waals surface area contributed by atoms with Crippen molar-refractivity contribution in [1.82, 2.24) is 9.97 Å². The van der Waals surface area contributed by atoms with Crippen molar-refractivity contribution in [1.29, 1.82) is 0 Å². The highest BCUT2D eigenvalue weighted by atomic mass is 32.2. The zero-order valence-electron chi connectivity index (χ0n) is 7.20. The van der Waals surface area contributed by atoms with E-state index in [0.29, 0.717) is 5.75 Å². The largest absolute Gasteiger partial charge is 0.345 e. The lowest BCUT2D eigenvalue weighted by atomic mass is 10.2. The number of nitrogens with one attached hydrogen (secondary N) is 2. The molecule has 0 atom stereocenters. The molecule has 2 N–H and O–H groups in total. The molecule has 1 aromatic heterocycles. The van der Waals surface area contributed by atoms with E-state index in [2.05, 4.69) is 15.3 Å². The number of aromatic nitrogens is 2. The molecule has 0 radical (unpaired) electrons. The highest BCUT2D eigenvalue weighted by Crippen LogP contribution is 2.33. The quantitative estimate of drug-likeness (QED) is 0.687. The van der Waals surface area contributed by atoms with Crippen LogP contribution < -0.4 is 5.32 Å². The molecule has 0 saturated heterocycles. The Hall–Kier alpha value is -1.49. The first-order chi connectivity index (χ1) is 6.83. The molecule has 0 saturated carbocycles. The van der Waals surface area contributed by atoms with Gasteiger partial charge in [0.05, 0.1) is 28.8 Å². The fourth-order valence-corrected chi connectivity index (χ4v) is 2.33. The molecule has 3 rings (SSSR count). The van der Waals surface area contributed by atoms with E-state index in [9.17, 15) is 4.79 Å². The zero-order valence-corrected chi connectivity index (χ0v) is 8.02. The molecule has 0 fully saturated rings. The Labute approximate surface area is 84.1 Å². The summed E-state index contributed by atoms with van der Waals surface area (Å²) in [6.07, 6.45) is 1.66. The van der Waals surface area contributed by atoms with E-state index in [4.69, 9.17) is 0 Å². The van der Waals surface area contributed by atoms with Crippen LogP contribution >= 0.6 is 11.8 Å². The van der Waals surface area contributed by atoms with E-state index < -0.39 is 0 Å². The molecule has 1 aliphatic heterocycles. The molecule has 2 heterocycles. The van der Waals surface area contributed by atoms with Crippen molar-refractivity contribution in [2.75, 3.05) is 11.1 Å². The van der Waals surface area contributed by atoms with Crippen LogP contribution in [0.4, 0.5) is 5.69 Å². The van der Waals surface area contributed by atoms with Gasteiger partial charge in [-0.25, -0.2) is 4.98 Å². The van der Waals surface area contributed by atoms with Gasteiger partial charge in [0.15, 0.2) is 0 Å². The van der Waals surface area contributed by atoms with Gasteiger partial charge in [0.2, 0.25) is 5.91 Å². The predicted molar refractivity (Wildman–Crippen MR) is 55.4 cm³/mol. The van der Waals surface area contributed by atoms with Gasteiger partial charge in [0.25, 0.3) is 0 Å². The van der Waals surface area contributed by atoms with E-state index in [1.807, 2.05) is 12.1 Å². The van der Waals surface area contributed by atoms with Gasteiger partial charge in [-0.3, -0.25) is 4.79 Å². The van der Waals surface area contributed by atoms with Crippen LogP contribution in [0.3, 0.4) is 0 Å². The number of thioether (sulfide) groups is 1. The SMILES string of the molecule is O=C1CSc2cc3nc[nH]c3cc2N1. The van der Waals surface area contributed by atoms with Crippen molar-refractivity contribution in [2.24, 2.45) is 0 Å². The average molecular weight is 205 g/mol. The number of benzene rings is 1. The molecule has 0 aliphatic carbocycles. The second-order valence-electron chi connectivity index (χ2n) is 3.10. The minimum absolute atomic E-state index is 0.0568. The third kappa shape index (κ3) is 1.09. The van der Waals surface area contributed by atoms with Crippen LogP contribution in [0.15, 0.2) is 23.4 Å². The molecule has 1 amide bonds. The van der Waals surface area contributed by atoms with E-state index in [1.165, 1.54) is 0 Å². The molecule has 0 unspecified atom stereocenters. The van der Waals surface area contributed by atoms with E-state index in [1.54, 1.807) is 18.1 Å². The summed E-state index contributed by atoms with van der Waals surface area (Å²) in [5, 5.41) is 2.83. The first kappa shape index (κ1) is 7.87. The number of nitrogens with zero attached hydrogens (tertiary/aromatic N) is 1.